The minimum absolute atomic E-state index is 0.0544. The van der Waals surface area contributed by atoms with Crippen LogP contribution in [-0.4, -0.2) is 22.7 Å². The molecule has 5 nitrogen and oxygen atoms in total. The highest BCUT2D eigenvalue weighted by Gasteiger charge is 2.10. The van der Waals surface area contributed by atoms with Crippen molar-refractivity contribution in [3.63, 3.8) is 0 Å². The molecule has 0 spiro atoms. The lowest BCUT2D eigenvalue weighted by molar-refractivity contribution is -0.118. The van der Waals surface area contributed by atoms with Gasteiger partial charge in [0.15, 0.2) is 10.9 Å². The average Bonchev–Trinajstić information content (AvgIpc) is 3.23. The number of thiophene rings is 1. The molecular formula is C17H17N3O2S3. The molecule has 0 saturated heterocycles. The van der Waals surface area contributed by atoms with E-state index in [1.165, 1.54) is 16.2 Å². The highest BCUT2D eigenvalue weighted by molar-refractivity contribution is 8.00. The number of ether oxygens (including phenoxy) is 1. The van der Waals surface area contributed by atoms with Gasteiger partial charge in [0.1, 0.15) is 5.75 Å². The number of aromatic nitrogens is 2. The second-order valence-electron chi connectivity index (χ2n) is 5.35. The molecule has 0 radical (unpaired) electrons. The molecule has 0 aliphatic carbocycles. The van der Waals surface area contributed by atoms with Crippen LogP contribution >= 0.6 is 34.4 Å². The molecule has 2 aromatic heterocycles. The SMILES string of the molecule is Cc1ccc(OCC(=O)Nc2nnc(SCc3cccs3)s2)c(C)c1. The van der Waals surface area contributed by atoms with Crippen molar-refractivity contribution in [2.75, 3.05) is 11.9 Å². The Hall–Kier alpha value is -1.90. The Morgan fingerprint density at radius 3 is 2.92 bits per heavy atom. The van der Waals surface area contributed by atoms with Gasteiger partial charge in [-0.15, -0.1) is 21.5 Å². The van der Waals surface area contributed by atoms with Gasteiger partial charge >= 0.3 is 0 Å². The summed E-state index contributed by atoms with van der Waals surface area (Å²) in [6.45, 7) is 3.93. The van der Waals surface area contributed by atoms with Crippen LogP contribution in [-0.2, 0) is 10.5 Å². The molecule has 0 fully saturated rings. The number of carbonyl (C=O) groups is 1. The number of nitrogens with one attached hydrogen (secondary N) is 1. The van der Waals surface area contributed by atoms with Gasteiger partial charge in [0.25, 0.3) is 5.91 Å². The van der Waals surface area contributed by atoms with Gasteiger partial charge < -0.3 is 4.74 Å². The third-order valence-electron chi connectivity index (χ3n) is 3.26. The van der Waals surface area contributed by atoms with Crippen molar-refractivity contribution in [1.82, 2.24) is 10.2 Å². The summed E-state index contributed by atoms with van der Waals surface area (Å²) in [6.07, 6.45) is 0. The maximum atomic E-state index is 12.0. The topological polar surface area (TPSA) is 64.1 Å². The fraction of sp³-hybridized carbons (Fsp3) is 0.235. The molecule has 1 aromatic carbocycles. The lowest BCUT2D eigenvalue weighted by atomic mass is 10.1. The van der Waals surface area contributed by atoms with E-state index >= 15 is 0 Å². The molecule has 25 heavy (non-hydrogen) atoms. The first-order chi connectivity index (χ1) is 12.1. The molecule has 130 valence electrons. The fourth-order valence-electron chi connectivity index (χ4n) is 2.11. The van der Waals surface area contributed by atoms with Gasteiger partial charge in [0, 0.05) is 10.6 Å². The number of benzene rings is 1. The predicted octanol–water partition coefficient (Wildman–Crippen LogP) is 4.53. The predicted molar refractivity (Wildman–Crippen MR) is 104 cm³/mol. The Morgan fingerprint density at radius 1 is 1.28 bits per heavy atom. The standard InChI is InChI=1S/C17H17N3O2S3/c1-11-5-6-14(12(2)8-11)22-9-15(21)18-16-19-20-17(25-16)24-10-13-4-3-7-23-13/h3-8H,9-10H2,1-2H3,(H,18,19,21). The number of thioether (sulfide) groups is 1. The van der Waals surface area contributed by atoms with E-state index < -0.39 is 0 Å². The summed E-state index contributed by atoms with van der Waals surface area (Å²) in [5, 5.41) is 13.4. The van der Waals surface area contributed by atoms with Gasteiger partial charge in [0.05, 0.1) is 0 Å². The Kier molecular flexibility index (Phi) is 6.06. The molecule has 0 aliphatic rings. The van der Waals surface area contributed by atoms with E-state index in [1.807, 2.05) is 38.1 Å². The van der Waals surface area contributed by atoms with Crippen molar-refractivity contribution in [1.29, 1.82) is 0 Å². The van der Waals surface area contributed by atoms with Gasteiger partial charge in [-0.2, -0.15) is 0 Å². The number of amides is 1. The van der Waals surface area contributed by atoms with Gasteiger partial charge in [0.2, 0.25) is 5.13 Å². The summed E-state index contributed by atoms with van der Waals surface area (Å²) in [4.78, 5) is 13.3. The monoisotopic (exact) mass is 391 g/mol. The van der Waals surface area contributed by atoms with Crippen LogP contribution in [0, 0.1) is 13.8 Å². The number of nitrogens with zero attached hydrogens (tertiary/aromatic N) is 2. The number of anilines is 1. The van der Waals surface area contributed by atoms with Crippen molar-refractivity contribution >= 4 is 45.5 Å². The second-order valence-corrected chi connectivity index (χ2v) is 8.58. The van der Waals surface area contributed by atoms with E-state index in [0.717, 1.165) is 21.2 Å². The highest BCUT2D eigenvalue weighted by Crippen LogP contribution is 2.29. The Labute approximate surface area is 158 Å². The van der Waals surface area contributed by atoms with E-state index in [4.69, 9.17) is 4.74 Å². The van der Waals surface area contributed by atoms with Crippen molar-refractivity contribution in [3.05, 3.63) is 51.7 Å². The number of carbonyl (C=O) groups excluding carboxylic acids is 1. The molecule has 1 N–H and O–H groups in total. The molecule has 3 aromatic rings. The van der Waals surface area contributed by atoms with Crippen LogP contribution < -0.4 is 10.1 Å². The molecule has 0 atom stereocenters. The van der Waals surface area contributed by atoms with Gasteiger partial charge in [-0.25, -0.2) is 0 Å². The fourth-order valence-corrected chi connectivity index (χ4v) is 4.65. The molecule has 3 rings (SSSR count). The van der Waals surface area contributed by atoms with Gasteiger partial charge in [-0.3, -0.25) is 10.1 Å². The maximum Gasteiger partial charge on any atom is 0.264 e. The zero-order chi connectivity index (χ0) is 17.6. The first kappa shape index (κ1) is 17.9. The van der Waals surface area contributed by atoms with E-state index in [9.17, 15) is 4.79 Å². The number of hydrogen-bond donors (Lipinski definition) is 1. The minimum Gasteiger partial charge on any atom is -0.483 e. The molecule has 0 bridgehead atoms. The van der Waals surface area contributed by atoms with Crippen LogP contribution in [0.5, 0.6) is 5.75 Å². The van der Waals surface area contributed by atoms with Crippen LogP contribution in [0.4, 0.5) is 5.13 Å². The van der Waals surface area contributed by atoms with E-state index in [1.54, 1.807) is 23.1 Å². The van der Waals surface area contributed by atoms with E-state index in [0.29, 0.717) is 10.9 Å². The first-order valence-corrected chi connectivity index (χ1v) is 10.3. The van der Waals surface area contributed by atoms with Crippen LogP contribution in [0.15, 0.2) is 40.1 Å². The van der Waals surface area contributed by atoms with Crippen molar-refractivity contribution in [3.8, 4) is 5.75 Å². The molecule has 0 unspecified atom stereocenters. The lowest BCUT2D eigenvalue weighted by Crippen LogP contribution is -2.20. The normalized spacial score (nSPS) is 10.6. The first-order valence-electron chi connectivity index (χ1n) is 7.59. The van der Waals surface area contributed by atoms with E-state index in [2.05, 4.69) is 27.0 Å². The quantitative estimate of drug-likeness (QED) is 0.474. The lowest BCUT2D eigenvalue weighted by Gasteiger charge is -2.09. The minimum atomic E-state index is -0.245. The molecule has 8 heteroatoms. The van der Waals surface area contributed by atoms with Crippen molar-refractivity contribution < 1.29 is 9.53 Å². The summed E-state index contributed by atoms with van der Waals surface area (Å²) in [5.74, 6) is 1.33. The summed E-state index contributed by atoms with van der Waals surface area (Å²) >= 11 is 4.70. The summed E-state index contributed by atoms with van der Waals surface area (Å²) in [5.41, 5.74) is 2.17. The second kappa shape index (κ2) is 8.46. The average molecular weight is 392 g/mol. The molecular weight excluding hydrogens is 374 g/mol. The third kappa shape index (κ3) is 5.29. The largest absolute Gasteiger partial charge is 0.483 e. The summed E-state index contributed by atoms with van der Waals surface area (Å²) in [7, 11) is 0. The molecule has 0 aliphatic heterocycles. The van der Waals surface area contributed by atoms with Crippen molar-refractivity contribution in [2.45, 2.75) is 23.9 Å². The number of aryl methyl sites for hydroxylation is 2. The van der Waals surface area contributed by atoms with Gasteiger partial charge in [-0.1, -0.05) is 46.9 Å². The Bertz CT molecular complexity index is 847. The summed E-state index contributed by atoms with van der Waals surface area (Å²) in [6, 6.07) is 9.98. The zero-order valence-corrected chi connectivity index (χ0v) is 16.3. The highest BCUT2D eigenvalue weighted by atomic mass is 32.2. The van der Waals surface area contributed by atoms with Crippen LogP contribution in [0.2, 0.25) is 0 Å². The third-order valence-corrected chi connectivity index (χ3v) is 6.34. The maximum absolute atomic E-state index is 12.0. The molecule has 1 amide bonds. The van der Waals surface area contributed by atoms with Crippen LogP contribution in [0.3, 0.4) is 0 Å². The Balaban J connectivity index is 1.48. The molecule has 2 heterocycles. The number of rotatable bonds is 7. The number of hydrogen-bond acceptors (Lipinski definition) is 7. The van der Waals surface area contributed by atoms with Crippen LogP contribution in [0.25, 0.3) is 0 Å². The zero-order valence-electron chi connectivity index (χ0n) is 13.8. The van der Waals surface area contributed by atoms with E-state index in [-0.39, 0.29) is 12.5 Å². The Morgan fingerprint density at radius 2 is 2.16 bits per heavy atom. The molecule has 0 saturated carbocycles. The smallest absolute Gasteiger partial charge is 0.264 e. The van der Waals surface area contributed by atoms with Gasteiger partial charge in [-0.05, 0) is 36.9 Å². The van der Waals surface area contributed by atoms with Crippen LogP contribution in [0.1, 0.15) is 16.0 Å². The van der Waals surface area contributed by atoms with Crippen molar-refractivity contribution in [2.24, 2.45) is 0 Å². The summed E-state index contributed by atoms with van der Waals surface area (Å²) < 4.78 is 6.40.